The van der Waals surface area contributed by atoms with Crippen LogP contribution in [0.5, 0.6) is 0 Å². The van der Waals surface area contributed by atoms with E-state index in [0.717, 1.165) is 96.1 Å². The van der Waals surface area contributed by atoms with Gasteiger partial charge >= 0.3 is 0 Å². The summed E-state index contributed by atoms with van der Waals surface area (Å²) in [5.74, 6) is 2.06. The topological polar surface area (TPSA) is 43.7 Å². The van der Waals surface area contributed by atoms with E-state index >= 15 is 0 Å². The van der Waals surface area contributed by atoms with Gasteiger partial charge in [-0.2, -0.15) is 0 Å². The number of nitrogens with one attached hydrogen (secondary N) is 2. The highest BCUT2D eigenvalue weighted by molar-refractivity contribution is 6.23. The van der Waals surface area contributed by atoms with Crippen LogP contribution >= 0.6 is 0 Å². The SMILES string of the molecule is CC1=CC(c2ccccc2)=C(N(c2ccc(C(C)(C)C)cc2)c2cc3c(c4ccccc24)-c2c(cc(N(C4=C(c5ccccc5)C=C(C)CN4)c4ccc(C(C)(C)C)cc4)c4c2oc2ccccc24)C32c3ccccc3-c3ccccc32)NC1. The zero-order valence-corrected chi connectivity index (χ0v) is 49.2. The fraction of sp³-hybridized carbons (Fsp3) is 0.165. The second-order valence-corrected chi connectivity index (χ2v) is 25.5. The second kappa shape index (κ2) is 19.3. The Morgan fingerprint density at radius 3 is 1.37 bits per heavy atom. The van der Waals surface area contributed by atoms with Gasteiger partial charge in [-0.3, -0.25) is 9.80 Å². The average molecular weight is 1090 g/mol. The van der Waals surface area contributed by atoms with E-state index in [-0.39, 0.29) is 10.8 Å². The number of nitrogens with zero attached hydrogens (tertiary/aromatic N) is 2. The molecule has 0 unspecified atom stereocenters. The maximum Gasteiger partial charge on any atom is 0.145 e. The molecule has 5 heteroatoms. The molecule has 2 aliphatic heterocycles. The smallest absolute Gasteiger partial charge is 0.145 e. The molecule has 0 saturated carbocycles. The fourth-order valence-electron chi connectivity index (χ4n) is 14.1. The Bertz CT molecular complexity index is 4570. The van der Waals surface area contributed by atoms with Crippen LogP contribution < -0.4 is 20.4 Å². The van der Waals surface area contributed by atoms with Gasteiger partial charge in [-0.05, 0) is 134 Å². The van der Waals surface area contributed by atoms with Gasteiger partial charge < -0.3 is 15.1 Å². The molecule has 1 spiro atoms. The predicted octanol–water partition coefficient (Wildman–Crippen LogP) is 19.8. The van der Waals surface area contributed by atoms with Crippen LogP contribution in [0.25, 0.3) is 66.1 Å². The van der Waals surface area contributed by atoms with Crippen LogP contribution in [0.4, 0.5) is 22.7 Å². The first-order valence-corrected chi connectivity index (χ1v) is 29.7. The highest BCUT2D eigenvalue weighted by Crippen LogP contribution is 2.67. The Morgan fingerprint density at radius 1 is 0.417 bits per heavy atom. The zero-order valence-electron chi connectivity index (χ0n) is 49.2. The Labute approximate surface area is 493 Å². The molecule has 0 radical (unpaired) electrons. The lowest BCUT2D eigenvalue weighted by Crippen LogP contribution is -2.33. The van der Waals surface area contributed by atoms with Crippen LogP contribution in [0.2, 0.25) is 0 Å². The molecule has 0 saturated heterocycles. The van der Waals surface area contributed by atoms with Gasteiger partial charge in [-0.25, -0.2) is 0 Å². The summed E-state index contributed by atoms with van der Waals surface area (Å²) in [5.41, 5.74) is 24.6. The van der Waals surface area contributed by atoms with Gasteiger partial charge in [-0.15, -0.1) is 0 Å². The van der Waals surface area contributed by atoms with Crippen molar-refractivity contribution >= 4 is 66.6 Å². The highest BCUT2D eigenvalue weighted by atomic mass is 16.3. The number of allylic oxidation sites excluding steroid dienone is 4. The van der Waals surface area contributed by atoms with Crippen molar-refractivity contribution in [3.8, 4) is 22.3 Å². The fourth-order valence-corrected chi connectivity index (χ4v) is 14.1. The maximum absolute atomic E-state index is 7.63. The molecule has 15 rings (SSSR count). The lowest BCUT2D eigenvalue weighted by atomic mass is 9.70. The summed E-state index contributed by atoms with van der Waals surface area (Å²) in [4.78, 5) is 5.04. The standard InChI is InChI=1S/C79H68N4O/c1-49-43-62(51-23-11-9-12-24-51)75(80-47-49)82(55-39-35-53(36-40-55)77(3,4)5)68-45-66-71(60-30-16-15-29-59(60)68)73-67(79(66)64-32-20-17-27-57(64)58-28-18-21-33-65(58)79)46-69(72-61-31-19-22-34-70(61)84-74(72)73)83(56-41-37-54(38-42-56)78(6,7)8)76-63(44-50(2)48-81-76)52-25-13-10-14-26-52/h9-46,80-81H,47-48H2,1-8H3. The van der Waals surface area contributed by atoms with E-state index in [1.165, 1.54) is 66.6 Å². The van der Waals surface area contributed by atoms with Gasteiger partial charge in [-0.1, -0.05) is 241 Å². The predicted molar refractivity (Wildman–Crippen MR) is 352 cm³/mol. The number of furan rings is 1. The van der Waals surface area contributed by atoms with E-state index in [4.69, 9.17) is 4.42 Å². The minimum Gasteiger partial charge on any atom is -0.455 e. The number of fused-ring (bicyclic) bond motifs is 16. The van der Waals surface area contributed by atoms with Crippen molar-refractivity contribution in [2.45, 2.75) is 71.6 Å². The van der Waals surface area contributed by atoms with E-state index in [1.54, 1.807) is 0 Å². The molecule has 410 valence electrons. The van der Waals surface area contributed by atoms with Crippen molar-refractivity contribution in [2.24, 2.45) is 0 Å². The molecule has 4 aliphatic rings. The highest BCUT2D eigenvalue weighted by Gasteiger charge is 2.54. The molecule has 10 aromatic carbocycles. The first-order valence-electron chi connectivity index (χ1n) is 29.7. The minimum atomic E-state index is -0.803. The summed E-state index contributed by atoms with van der Waals surface area (Å²) in [5, 5.41) is 12.5. The lowest BCUT2D eigenvalue weighted by molar-refractivity contribution is 0.590. The van der Waals surface area contributed by atoms with Crippen molar-refractivity contribution in [1.82, 2.24) is 10.6 Å². The van der Waals surface area contributed by atoms with Crippen molar-refractivity contribution in [3.63, 3.8) is 0 Å². The van der Waals surface area contributed by atoms with Crippen LogP contribution in [0.1, 0.15) is 99.9 Å². The van der Waals surface area contributed by atoms with Crippen LogP contribution in [-0.2, 0) is 16.2 Å². The Kier molecular flexibility index (Phi) is 11.8. The Morgan fingerprint density at radius 2 is 0.845 bits per heavy atom. The first kappa shape index (κ1) is 51.3. The van der Waals surface area contributed by atoms with E-state index in [1.807, 2.05) is 0 Å². The van der Waals surface area contributed by atoms with E-state index in [9.17, 15) is 0 Å². The molecular formula is C79H68N4O. The number of anilines is 4. The third kappa shape index (κ3) is 7.89. The molecule has 1 aromatic heterocycles. The molecule has 2 aliphatic carbocycles. The molecule has 0 bridgehead atoms. The second-order valence-electron chi connectivity index (χ2n) is 25.5. The van der Waals surface area contributed by atoms with Crippen LogP contribution in [0.15, 0.2) is 258 Å². The quantitative estimate of drug-likeness (QED) is 0.159. The molecule has 84 heavy (non-hydrogen) atoms. The molecular weight excluding hydrogens is 1020 g/mol. The summed E-state index contributed by atoms with van der Waals surface area (Å²) in [6.45, 7) is 19.6. The van der Waals surface area contributed by atoms with E-state index in [2.05, 4.69) is 306 Å². The summed E-state index contributed by atoms with van der Waals surface area (Å²) >= 11 is 0. The Balaban J connectivity index is 1.11. The molecule has 0 atom stereocenters. The zero-order chi connectivity index (χ0) is 57.2. The minimum absolute atomic E-state index is 0.0307. The molecule has 3 heterocycles. The van der Waals surface area contributed by atoms with Gasteiger partial charge in [0.1, 0.15) is 22.8 Å². The normalized spacial score (nSPS) is 15.1. The number of benzene rings is 10. The summed E-state index contributed by atoms with van der Waals surface area (Å²) in [6.07, 6.45) is 4.76. The van der Waals surface area contributed by atoms with Gasteiger partial charge in [0.05, 0.1) is 22.2 Å². The van der Waals surface area contributed by atoms with Crippen LogP contribution in [0, 0.1) is 0 Å². The maximum atomic E-state index is 7.63. The van der Waals surface area contributed by atoms with Gasteiger partial charge in [0, 0.05) is 51.9 Å². The van der Waals surface area contributed by atoms with Gasteiger partial charge in [0.15, 0.2) is 0 Å². The van der Waals surface area contributed by atoms with Crippen LogP contribution in [0.3, 0.4) is 0 Å². The van der Waals surface area contributed by atoms with E-state index < -0.39 is 5.41 Å². The number of hydrogen-bond acceptors (Lipinski definition) is 5. The molecule has 2 N–H and O–H groups in total. The first-order chi connectivity index (χ1) is 40.8. The lowest BCUT2D eigenvalue weighted by Gasteiger charge is -2.36. The van der Waals surface area contributed by atoms with Crippen molar-refractivity contribution in [2.75, 3.05) is 22.9 Å². The number of dihydropyridines is 2. The van der Waals surface area contributed by atoms with E-state index in [0.29, 0.717) is 6.54 Å². The molecule has 5 nitrogen and oxygen atoms in total. The third-order valence-corrected chi connectivity index (χ3v) is 18.1. The molecule has 0 amide bonds. The molecule has 11 aromatic rings. The summed E-state index contributed by atoms with van der Waals surface area (Å²) in [6, 6.07) is 81.7. The van der Waals surface area contributed by atoms with Crippen molar-refractivity contribution < 1.29 is 4.42 Å². The number of para-hydroxylation sites is 1. The van der Waals surface area contributed by atoms with Crippen molar-refractivity contribution in [1.29, 1.82) is 0 Å². The number of hydrogen-bond donors (Lipinski definition) is 2. The average Bonchev–Trinajstić information content (AvgIpc) is 1.50. The van der Waals surface area contributed by atoms with Gasteiger partial charge in [0.25, 0.3) is 0 Å². The van der Waals surface area contributed by atoms with Crippen molar-refractivity contribution in [3.05, 3.63) is 298 Å². The third-order valence-electron chi connectivity index (χ3n) is 18.1. The monoisotopic (exact) mass is 1090 g/mol. The largest absolute Gasteiger partial charge is 0.455 e. The summed E-state index contributed by atoms with van der Waals surface area (Å²) < 4.78 is 7.63. The Hall–Kier alpha value is -9.58. The summed E-state index contributed by atoms with van der Waals surface area (Å²) in [7, 11) is 0. The van der Waals surface area contributed by atoms with Gasteiger partial charge in [0.2, 0.25) is 0 Å². The number of rotatable bonds is 8. The van der Waals surface area contributed by atoms with Crippen LogP contribution in [-0.4, -0.2) is 13.1 Å². The molecule has 0 fully saturated rings.